The molecule has 1 radical (unpaired) electrons. The quantitative estimate of drug-likeness (QED) is 0.150. The predicted molar refractivity (Wildman–Crippen MR) is 217 cm³/mol. The van der Waals surface area contributed by atoms with Gasteiger partial charge in [0.1, 0.15) is 5.58 Å². The van der Waals surface area contributed by atoms with Crippen molar-refractivity contribution in [3.8, 4) is 28.3 Å². The van der Waals surface area contributed by atoms with Crippen molar-refractivity contribution in [1.82, 2.24) is 14.5 Å². The molecule has 8 rings (SSSR count). The molecule has 0 bridgehead atoms. The van der Waals surface area contributed by atoms with Crippen LogP contribution >= 0.6 is 0 Å². The van der Waals surface area contributed by atoms with Gasteiger partial charge in [-0.05, 0) is 84.0 Å². The van der Waals surface area contributed by atoms with Crippen LogP contribution < -0.4 is 0 Å². The molecule has 0 saturated heterocycles. The van der Waals surface area contributed by atoms with Crippen LogP contribution in [0.5, 0.6) is 0 Å². The van der Waals surface area contributed by atoms with Crippen molar-refractivity contribution >= 4 is 33.0 Å². The van der Waals surface area contributed by atoms with Gasteiger partial charge in [0.2, 0.25) is 0 Å². The summed E-state index contributed by atoms with van der Waals surface area (Å²) in [4.78, 5) is 9.31. The Bertz CT molecular complexity index is 2800. The predicted octanol–water partition coefficient (Wildman–Crippen LogP) is 13.0. The molecule has 5 aromatic carbocycles. The maximum Gasteiger partial charge on any atom is 0.121 e. The SMILES string of the molecule is CC(C)c1cccc(C(C)C)c1-n1c(-c2[c-]cccc2)nc2ccccc21.[2H]C([2H])([2H])c1ccc2c(c1)oc1c(-c3cc(C([2H])([2H])C(C)C)c(C([2H])([2H])[2H])cn3)[c-]ccc12.[Ir]. The Kier molecular flexibility index (Phi) is 8.67. The van der Waals surface area contributed by atoms with Crippen molar-refractivity contribution in [1.29, 1.82) is 0 Å². The fraction of sp³-hybridized carbons (Fsp3) is 0.250. The summed E-state index contributed by atoms with van der Waals surface area (Å²) >= 11 is 0. The number of rotatable bonds is 7. The molecule has 271 valence electrons. The van der Waals surface area contributed by atoms with Crippen LogP contribution in [-0.2, 0) is 26.5 Å². The Hall–Kier alpha value is -4.83. The maximum atomic E-state index is 8.54. The molecule has 0 aliphatic heterocycles. The Morgan fingerprint density at radius 1 is 0.792 bits per heavy atom. The van der Waals surface area contributed by atoms with E-state index in [4.69, 9.17) is 20.4 Å². The van der Waals surface area contributed by atoms with Crippen molar-refractivity contribution in [3.05, 3.63) is 149 Å². The van der Waals surface area contributed by atoms with E-state index >= 15 is 0 Å². The zero-order chi connectivity index (χ0) is 43.3. The minimum absolute atomic E-state index is 0. The molecule has 0 unspecified atom stereocenters. The van der Waals surface area contributed by atoms with Gasteiger partial charge in [-0.25, -0.2) is 0 Å². The summed E-state index contributed by atoms with van der Waals surface area (Å²) < 4.78 is 71.9. The number of benzene rings is 5. The zero-order valence-corrected chi connectivity index (χ0v) is 33.1. The molecule has 0 fully saturated rings. The Morgan fingerprint density at radius 3 is 2.26 bits per heavy atom. The number of fused-ring (bicyclic) bond motifs is 4. The topological polar surface area (TPSA) is 43.9 Å². The minimum atomic E-state index is -2.52. The number of hydrogen-bond donors (Lipinski definition) is 0. The smallest absolute Gasteiger partial charge is 0.121 e. The summed E-state index contributed by atoms with van der Waals surface area (Å²) in [5.41, 5.74) is 8.79. The van der Waals surface area contributed by atoms with E-state index in [1.54, 1.807) is 38.1 Å². The first-order chi connectivity index (χ1) is 28.3. The number of aromatic nitrogens is 3. The van der Waals surface area contributed by atoms with Crippen molar-refractivity contribution in [2.75, 3.05) is 0 Å². The maximum absolute atomic E-state index is 8.54. The van der Waals surface area contributed by atoms with Crippen LogP contribution in [0.4, 0.5) is 0 Å². The minimum Gasteiger partial charge on any atom is -0.501 e. The number of aryl methyl sites for hydroxylation is 2. The molecule has 3 aromatic heterocycles. The standard InChI is InChI=1S/C25H25N2.C23H22NO.Ir/c1-17(2)20-13-10-14-21(18(3)4)24(20)27-23-16-9-8-15-22(23)26-25(27)19-11-6-5-7-12-19;1-14(2)10-17-12-21(24-13-16(17)4)20-7-5-6-19-18-9-8-15(3)11-22(18)25-23(19)20;/h5-11,13-18H,1-4H3;5-6,8-9,11-14H,10H2,1-4H3;/q2*-1;/i;3D3,4D3,10D2;. The van der Waals surface area contributed by atoms with Gasteiger partial charge in [-0.15, -0.1) is 54.1 Å². The van der Waals surface area contributed by atoms with Gasteiger partial charge < -0.3 is 14.0 Å². The van der Waals surface area contributed by atoms with E-state index in [-0.39, 0.29) is 36.8 Å². The largest absolute Gasteiger partial charge is 0.501 e. The van der Waals surface area contributed by atoms with Crippen LogP contribution in [0.2, 0.25) is 0 Å². The van der Waals surface area contributed by atoms with Crippen LogP contribution in [0.1, 0.15) is 92.2 Å². The monoisotopic (exact) mass is 882 g/mol. The third-order valence-electron chi connectivity index (χ3n) is 9.11. The Balaban J connectivity index is 0.000000204. The number of para-hydroxylation sites is 3. The molecular formula is C48H47IrN3O-2. The van der Waals surface area contributed by atoms with Crippen molar-refractivity contribution < 1.29 is 35.5 Å². The van der Waals surface area contributed by atoms with Crippen LogP contribution in [0, 0.1) is 31.8 Å². The summed E-state index contributed by atoms with van der Waals surface area (Å²) in [6.45, 7) is 7.63. The molecule has 3 heterocycles. The van der Waals surface area contributed by atoms with Gasteiger partial charge in [0, 0.05) is 48.3 Å². The molecule has 0 aliphatic rings. The third kappa shape index (κ3) is 7.65. The van der Waals surface area contributed by atoms with Crippen LogP contribution in [0.25, 0.3) is 61.3 Å². The van der Waals surface area contributed by atoms with E-state index in [0.717, 1.165) is 33.2 Å². The van der Waals surface area contributed by atoms with Gasteiger partial charge in [-0.1, -0.05) is 107 Å². The number of hydrogen-bond acceptors (Lipinski definition) is 3. The summed E-state index contributed by atoms with van der Waals surface area (Å²) in [5.74, 6) is 1.32. The molecule has 0 atom stereocenters. The van der Waals surface area contributed by atoms with Crippen molar-refractivity contribution in [2.45, 2.75) is 73.5 Å². The van der Waals surface area contributed by atoms with E-state index in [9.17, 15) is 0 Å². The normalized spacial score (nSPS) is 14.4. The van der Waals surface area contributed by atoms with Gasteiger partial charge in [0.15, 0.2) is 0 Å². The second kappa shape index (κ2) is 16.0. The summed E-state index contributed by atoms with van der Waals surface area (Å²) in [7, 11) is 0. The first-order valence-corrected chi connectivity index (χ1v) is 17.8. The van der Waals surface area contributed by atoms with E-state index < -0.39 is 26.0 Å². The molecule has 53 heavy (non-hydrogen) atoms. The molecule has 5 heteroatoms. The van der Waals surface area contributed by atoms with Gasteiger partial charge in [-0.3, -0.25) is 4.98 Å². The second-order valence-electron chi connectivity index (χ2n) is 14.0. The summed E-state index contributed by atoms with van der Waals surface area (Å²) in [5, 5.41) is 1.45. The average molecular weight is 882 g/mol. The van der Waals surface area contributed by atoms with E-state index in [0.29, 0.717) is 34.3 Å². The Labute approximate surface area is 338 Å². The van der Waals surface area contributed by atoms with Crippen LogP contribution in [0.3, 0.4) is 0 Å². The van der Waals surface area contributed by atoms with Gasteiger partial charge in [0.25, 0.3) is 0 Å². The van der Waals surface area contributed by atoms with E-state index in [2.05, 4.69) is 97.9 Å². The first-order valence-electron chi connectivity index (χ1n) is 21.8. The number of imidazole rings is 1. The number of furan rings is 1. The molecular weight excluding hydrogens is 827 g/mol. The first kappa shape index (κ1) is 28.6. The number of pyridine rings is 1. The molecule has 0 aliphatic carbocycles. The molecule has 0 N–H and O–H groups in total. The van der Waals surface area contributed by atoms with E-state index in [1.807, 2.05) is 18.2 Å². The van der Waals surface area contributed by atoms with Gasteiger partial charge >= 0.3 is 0 Å². The van der Waals surface area contributed by atoms with Crippen LogP contribution in [0.15, 0.2) is 114 Å². The summed E-state index contributed by atoms with van der Waals surface area (Å²) in [6, 6.07) is 39.3. The van der Waals surface area contributed by atoms with Crippen LogP contribution in [-0.4, -0.2) is 14.5 Å². The molecule has 4 nitrogen and oxygen atoms in total. The average Bonchev–Trinajstić information content (AvgIpc) is 3.78. The van der Waals surface area contributed by atoms with Crippen molar-refractivity contribution in [2.24, 2.45) is 5.92 Å². The van der Waals surface area contributed by atoms with Gasteiger partial charge in [-0.2, -0.15) is 0 Å². The molecule has 0 amide bonds. The number of nitrogens with zero attached hydrogens (tertiary/aromatic N) is 3. The second-order valence-corrected chi connectivity index (χ2v) is 14.0. The zero-order valence-electron chi connectivity index (χ0n) is 38.7. The molecule has 0 saturated carbocycles. The fourth-order valence-corrected chi connectivity index (χ4v) is 6.69. The third-order valence-corrected chi connectivity index (χ3v) is 9.11. The van der Waals surface area contributed by atoms with Gasteiger partial charge in [0.05, 0.1) is 22.4 Å². The fourth-order valence-electron chi connectivity index (χ4n) is 6.69. The molecule has 8 aromatic rings. The van der Waals surface area contributed by atoms with E-state index in [1.165, 1.54) is 35.1 Å². The Morgan fingerprint density at radius 2 is 1.57 bits per heavy atom. The van der Waals surface area contributed by atoms with Crippen molar-refractivity contribution in [3.63, 3.8) is 0 Å². The summed E-state index contributed by atoms with van der Waals surface area (Å²) in [6.07, 6.45) is -0.711. The molecule has 0 spiro atoms.